The van der Waals surface area contributed by atoms with Crippen LogP contribution in [-0.4, -0.2) is 0 Å². The van der Waals surface area contributed by atoms with Gasteiger partial charge in [-0.05, 0) is 73.0 Å². The summed E-state index contributed by atoms with van der Waals surface area (Å²) in [4.78, 5) is 0. The van der Waals surface area contributed by atoms with Crippen LogP contribution in [0.5, 0.6) is 0 Å². The highest BCUT2D eigenvalue weighted by Gasteiger charge is 2.73. The Hall–Kier alpha value is -1.04. The molecule has 2 fully saturated rings. The first-order chi connectivity index (χ1) is 8.86. The summed E-state index contributed by atoms with van der Waals surface area (Å²) in [6.45, 7) is 0. The Morgan fingerprint density at radius 2 is 1.94 bits per heavy atom. The second kappa shape index (κ2) is 2.92. The summed E-state index contributed by atoms with van der Waals surface area (Å²) in [6.07, 6.45) is 14.9. The molecule has 0 bridgehead atoms. The summed E-state index contributed by atoms with van der Waals surface area (Å²) in [7, 11) is 0. The Bertz CT molecular complexity index is 561. The molecule has 4 aliphatic carbocycles. The molecule has 2 unspecified atom stereocenters. The van der Waals surface area contributed by atoms with Crippen LogP contribution >= 0.6 is 0 Å². The van der Waals surface area contributed by atoms with Gasteiger partial charge in [0.25, 0.3) is 0 Å². The topological polar surface area (TPSA) is 0 Å². The van der Waals surface area contributed by atoms with E-state index in [9.17, 15) is 0 Å². The molecule has 5 rings (SSSR count). The van der Waals surface area contributed by atoms with Crippen molar-refractivity contribution in [2.45, 2.75) is 50.4 Å². The molecule has 0 heterocycles. The number of benzene rings is 1. The molecule has 0 amide bonds. The van der Waals surface area contributed by atoms with Crippen LogP contribution in [0.2, 0.25) is 0 Å². The zero-order chi connectivity index (χ0) is 11.8. The van der Waals surface area contributed by atoms with Crippen LogP contribution in [0.4, 0.5) is 0 Å². The predicted octanol–water partition coefficient (Wildman–Crippen LogP) is 4.17. The summed E-state index contributed by atoms with van der Waals surface area (Å²) < 4.78 is 0. The zero-order valence-electron chi connectivity index (χ0n) is 10.9. The van der Waals surface area contributed by atoms with E-state index < -0.39 is 0 Å². The minimum absolute atomic E-state index is 0.565. The van der Waals surface area contributed by atoms with Crippen LogP contribution in [0, 0.1) is 11.3 Å². The molecule has 0 radical (unpaired) electrons. The fourth-order valence-electron chi connectivity index (χ4n) is 5.07. The maximum atomic E-state index is 2.57. The van der Waals surface area contributed by atoms with Gasteiger partial charge in [-0.3, -0.25) is 0 Å². The lowest BCUT2D eigenvalue weighted by atomic mass is 9.75. The average Bonchev–Trinajstić information content (AvgIpc) is 3.29. The van der Waals surface area contributed by atoms with E-state index in [1.807, 2.05) is 0 Å². The van der Waals surface area contributed by atoms with Crippen LogP contribution in [-0.2, 0) is 18.3 Å². The molecule has 0 aromatic heterocycles. The first-order valence-corrected chi connectivity index (χ1v) is 7.66. The third kappa shape index (κ3) is 0.965. The Labute approximate surface area is 109 Å². The van der Waals surface area contributed by atoms with Gasteiger partial charge >= 0.3 is 0 Å². The van der Waals surface area contributed by atoms with Gasteiger partial charge in [-0.25, -0.2) is 0 Å². The van der Waals surface area contributed by atoms with Gasteiger partial charge < -0.3 is 0 Å². The summed E-state index contributed by atoms with van der Waals surface area (Å²) in [6, 6.07) is 7.18. The predicted molar refractivity (Wildman–Crippen MR) is 73.7 cm³/mol. The van der Waals surface area contributed by atoms with E-state index in [0.29, 0.717) is 10.8 Å². The molecule has 18 heavy (non-hydrogen) atoms. The van der Waals surface area contributed by atoms with E-state index >= 15 is 0 Å². The lowest BCUT2D eigenvalue weighted by Crippen LogP contribution is -2.23. The summed E-state index contributed by atoms with van der Waals surface area (Å²) in [5, 5.41) is 0. The molecular weight excluding hydrogens is 216 g/mol. The molecule has 0 nitrogen and oxygen atoms in total. The number of rotatable bonds is 1. The van der Waals surface area contributed by atoms with Gasteiger partial charge in [0.05, 0.1) is 0 Å². The third-order valence-corrected chi connectivity index (χ3v) is 6.22. The number of fused-ring (bicyclic) bond motifs is 3. The van der Waals surface area contributed by atoms with Crippen molar-refractivity contribution < 1.29 is 0 Å². The zero-order valence-corrected chi connectivity index (χ0v) is 10.9. The Morgan fingerprint density at radius 1 is 1.06 bits per heavy atom. The van der Waals surface area contributed by atoms with Gasteiger partial charge in [-0.1, -0.05) is 30.4 Å². The number of hydrogen-bond acceptors (Lipinski definition) is 0. The molecule has 92 valence electrons. The summed E-state index contributed by atoms with van der Waals surface area (Å²) >= 11 is 0. The molecule has 0 aliphatic heterocycles. The Balaban J connectivity index is 1.70. The van der Waals surface area contributed by atoms with E-state index in [0.717, 1.165) is 5.92 Å². The molecule has 1 spiro atoms. The van der Waals surface area contributed by atoms with Crippen molar-refractivity contribution in [3.8, 4) is 0 Å². The van der Waals surface area contributed by atoms with Crippen molar-refractivity contribution >= 4 is 0 Å². The fraction of sp³-hybridized carbons (Fsp3) is 0.556. The molecule has 0 N–H and O–H groups in total. The molecule has 2 saturated carbocycles. The van der Waals surface area contributed by atoms with Crippen LogP contribution in [0.25, 0.3) is 0 Å². The van der Waals surface area contributed by atoms with Crippen molar-refractivity contribution in [2.75, 3.05) is 0 Å². The fourth-order valence-corrected chi connectivity index (χ4v) is 5.07. The van der Waals surface area contributed by atoms with E-state index in [1.165, 1.54) is 44.9 Å². The largest absolute Gasteiger partial charge is 0.0839 e. The molecular formula is C18H20. The standard InChI is InChI=1S/C18H20/c1-2-6-15-13(4-1)5-3-7-16(15)18-12-14(18)8-9-17(18)10-11-17/h3,5,7-9,14H,1-2,4,6,10-12H2. The monoisotopic (exact) mass is 236 g/mol. The van der Waals surface area contributed by atoms with Gasteiger partial charge in [0.1, 0.15) is 0 Å². The minimum atomic E-state index is 0.565. The normalized spacial score (nSPS) is 37.4. The van der Waals surface area contributed by atoms with Crippen LogP contribution in [0.1, 0.15) is 48.8 Å². The van der Waals surface area contributed by atoms with Crippen molar-refractivity contribution in [1.82, 2.24) is 0 Å². The molecule has 1 aromatic rings. The third-order valence-electron chi connectivity index (χ3n) is 6.22. The van der Waals surface area contributed by atoms with Crippen molar-refractivity contribution in [3.05, 3.63) is 47.0 Å². The SMILES string of the molecule is C1=CC2(CC2)C2(c3cccc4c3CCCC4)CC12. The van der Waals surface area contributed by atoms with Gasteiger partial charge in [-0.2, -0.15) is 0 Å². The maximum absolute atomic E-state index is 2.57. The highest BCUT2D eigenvalue weighted by atomic mass is 14.8. The Kier molecular flexibility index (Phi) is 1.60. The summed E-state index contributed by atoms with van der Waals surface area (Å²) in [5.74, 6) is 0.883. The van der Waals surface area contributed by atoms with E-state index in [1.54, 1.807) is 16.7 Å². The quantitative estimate of drug-likeness (QED) is 0.642. The molecule has 0 saturated heterocycles. The van der Waals surface area contributed by atoms with Crippen molar-refractivity contribution in [2.24, 2.45) is 11.3 Å². The first-order valence-electron chi connectivity index (χ1n) is 7.66. The minimum Gasteiger partial charge on any atom is -0.0839 e. The lowest BCUT2D eigenvalue weighted by molar-refractivity contribution is 0.468. The van der Waals surface area contributed by atoms with E-state index in [2.05, 4.69) is 30.4 Å². The second-order valence-electron chi connectivity index (χ2n) is 6.95. The number of allylic oxidation sites excluding steroid dienone is 2. The molecule has 4 aliphatic rings. The van der Waals surface area contributed by atoms with E-state index in [-0.39, 0.29) is 0 Å². The molecule has 0 heteroatoms. The number of hydrogen-bond donors (Lipinski definition) is 0. The highest BCUT2D eigenvalue weighted by molar-refractivity contribution is 5.54. The van der Waals surface area contributed by atoms with Crippen LogP contribution in [0.15, 0.2) is 30.4 Å². The smallest absolute Gasteiger partial charge is 0.0116 e. The van der Waals surface area contributed by atoms with Gasteiger partial charge in [0.2, 0.25) is 0 Å². The first kappa shape index (κ1) is 9.83. The van der Waals surface area contributed by atoms with E-state index in [4.69, 9.17) is 0 Å². The molecule has 1 aromatic carbocycles. The summed E-state index contributed by atoms with van der Waals surface area (Å²) in [5.41, 5.74) is 6.34. The average molecular weight is 236 g/mol. The van der Waals surface area contributed by atoms with Crippen molar-refractivity contribution in [3.63, 3.8) is 0 Å². The van der Waals surface area contributed by atoms with Crippen LogP contribution < -0.4 is 0 Å². The van der Waals surface area contributed by atoms with Gasteiger partial charge in [0, 0.05) is 5.41 Å². The van der Waals surface area contributed by atoms with Crippen LogP contribution in [0.3, 0.4) is 0 Å². The number of aryl methyl sites for hydroxylation is 1. The van der Waals surface area contributed by atoms with Gasteiger partial charge in [0.15, 0.2) is 0 Å². The lowest BCUT2D eigenvalue weighted by Gasteiger charge is -2.28. The Morgan fingerprint density at radius 3 is 2.78 bits per heavy atom. The highest BCUT2D eigenvalue weighted by Crippen LogP contribution is 2.78. The van der Waals surface area contributed by atoms with Gasteiger partial charge in [-0.15, -0.1) is 0 Å². The second-order valence-corrected chi connectivity index (χ2v) is 6.95. The maximum Gasteiger partial charge on any atom is 0.0116 e. The van der Waals surface area contributed by atoms with Crippen molar-refractivity contribution in [1.29, 1.82) is 0 Å². The molecule has 2 atom stereocenters.